The van der Waals surface area contributed by atoms with Gasteiger partial charge in [-0.2, -0.15) is 0 Å². The molecular formula is C20H20N2O2S. The van der Waals surface area contributed by atoms with Crippen molar-refractivity contribution in [3.63, 3.8) is 0 Å². The largest absolute Gasteiger partial charge is 0.324 e. The van der Waals surface area contributed by atoms with Gasteiger partial charge in [0, 0.05) is 22.2 Å². The van der Waals surface area contributed by atoms with Crippen LogP contribution in [0.2, 0.25) is 0 Å². The Labute approximate surface area is 151 Å². The molecule has 0 aliphatic carbocycles. The van der Waals surface area contributed by atoms with Crippen molar-refractivity contribution in [3.8, 4) is 0 Å². The number of rotatable bonds is 1. The first-order valence-corrected chi connectivity index (χ1v) is 9.45. The number of para-hydroxylation sites is 1. The summed E-state index contributed by atoms with van der Waals surface area (Å²) in [6.07, 6.45) is 1.95. The summed E-state index contributed by atoms with van der Waals surface area (Å²) >= 11 is 1.53. The number of anilines is 2. The van der Waals surface area contributed by atoms with Gasteiger partial charge in [0.15, 0.2) is 0 Å². The van der Waals surface area contributed by atoms with E-state index in [1.165, 1.54) is 17.3 Å². The van der Waals surface area contributed by atoms with Crippen LogP contribution in [-0.2, 0) is 11.2 Å². The van der Waals surface area contributed by atoms with E-state index in [0.29, 0.717) is 5.56 Å². The molecule has 0 saturated carbocycles. The highest BCUT2D eigenvalue weighted by atomic mass is 32.2. The lowest BCUT2D eigenvalue weighted by atomic mass is 9.95. The summed E-state index contributed by atoms with van der Waals surface area (Å²) in [5.74, 6) is -0.0286. The number of amides is 2. The summed E-state index contributed by atoms with van der Waals surface area (Å²) in [5.41, 5.74) is 3.55. The SMILES string of the molecule is CC1Sc2ccc(C(=O)N3c4ccccc4CCC3C)cc2NC1=O. The Balaban J connectivity index is 1.70. The molecule has 5 heteroatoms. The quantitative estimate of drug-likeness (QED) is 0.840. The van der Waals surface area contributed by atoms with Crippen molar-refractivity contribution >= 4 is 35.0 Å². The summed E-state index contributed by atoms with van der Waals surface area (Å²) in [6.45, 7) is 3.97. The Morgan fingerprint density at radius 2 is 2.00 bits per heavy atom. The second-order valence-electron chi connectivity index (χ2n) is 6.65. The average Bonchev–Trinajstić information content (AvgIpc) is 2.62. The van der Waals surface area contributed by atoms with E-state index < -0.39 is 0 Å². The number of hydrogen-bond acceptors (Lipinski definition) is 3. The third-order valence-electron chi connectivity index (χ3n) is 4.90. The number of hydrogen-bond donors (Lipinski definition) is 1. The molecule has 4 nitrogen and oxygen atoms in total. The monoisotopic (exact) mass is 352 g/mol. The van der Waals surface area contributed by atoms with E-state index in [9.17, 15) is 9.59 Å². The van der Waals surface area contributed by atoms with Crippen LogP contribution in [0, 0.1) is 0 Å². The van der Waals surface area contributed by atoms with Crippen molar-refractivity contribution in [3.05, 3.63) is 53.6 Å². The summed E-state index contributed by atoms with van der Waals surface area (Å²) in [6, 6.07) is 13.9. The molecule has 2 aliphatic heterocycles. The lowest BCUT2D eigenvalue weighted by Gasteiger charge is -2.35. The Morgan fingerprint density at radius 3 is 2.84 bits per heavy atom. The average molecular weight is 352 g/mol. The van der Waals surface area contributed by atoms with E-state index in [4.69, 9.17) is 0 Å². The summed E-state index contributed by atoms with van der Waals surface area (Å²) in [7, 11) is 0. The van der Waals surface area contributed by atoms with Crippen LogP contribution in [0.5, 0.6) is 0 Å². The van der Waals surface area contributed by atoms with Crippen LogP contribution in [0.25, 0.3) is 0 Å². The minimum absolute atomic E-state index is 0.0136. The normalized spacial score (nSPS) is 22.0. The molecule has 0 fully saturated rings. The Bertz CT molecular complexity index is 865. The van der Waals surface area contributed by atoms with Gasteiger partial charge < -0.3 is 10.2 Å². The summed E-state index contributed by atoms with van der Waals surface area (Å²) in [5, 5.41) is 2.80. The van der Waals surface area contributed by atoms with Gasteiger partial charge in [-0.1, -0.05) is 18.2 Å². The molecule has 128 valence electrons. The van der Waals surface area contributed by atoms with Crippen molar-refractivity contribution in [2.24, 2.45) is 0 Å². The number of carbonyl (C=O) groups excluding carboxylic acids is 2. The molecule has 0 aromatic heterocycles. The standard InChI is InChI=1S/C20H20N2O2S/c1-12-7-8-14-5-3-4-6-17(14)22(12)20(24)15-9-10-18-16(11-15)21-19(23)13(2)25-18/h3-6,9-13H,7-8H2,1-2H3,(H,21,23). The van der Waals surface area contributed by atoms with Crippen LogP contribution in [0.1, 0.15) is 36.2 Å². The van der Waals surface area contributed by atoms with E-state index in [1.807, 2.05) is 42.2 Å². The zero-order valence-electron chi connectivity index (χ0n) is 14.3. The molecule has 0 radical (unpaired) electrons. The molecule has 0 spiro atoms. The highest BCUT2D eigenvalue weighted by molar-refractivity contribution is 8.00. The van der Waals surface area contributed by atoms with E-state index in [1.54, 1.807) is 6.07 Å². The second-order valence-corrected chi connectivity index (χ2v) is 8.03. The molecule has 1 N–H and O–H groups in total. The summed E-state index contributed by atoms with van der Waals surface area (Å²) in [4.78, 5) is 28.0. The van der Waals surface area contributed by atoms with Crippen molar-refractivity contribution in [2.75, 3.05) is 10.2 Å². The zero-order chi connectivity index (χ0) is 17.6. The smallest absolute Gasteiger partial charge is 0.258 e. The molecule has 2 aliphatic rings. The fourth-order valence-corrected chi connectivity index (χ4v) is 4.41. The van der Waals surface area contributed by atoms with Crippen LogP contribution >= 0.6 is 11.8 Å². The Morgan fingerprint density at radius 1 is 1.20 bits per heavy atom. The van der Waals surface area contributed by atoms with Crippen molar-refractivity contribution in [1.82, 2.24) is 0 Å². The molecule has 0 saturated heterocycles. The predicted molar refractivity (Wildman–Crippen MR) is 101 cm³/mol. The maximum Gasteiger partial charge on any atom is 0.258 e. The first kappa shape index (κ1) is 16.2. The molecule has 2 atom stereocenters. The van der Waals surface area contributed by atoms with Crippen LogP contribution in [-0.4, -0.2) is 23.1 Å². The van der Waals surface area contributed by atoms with Crippen LogP contribution < -0.4 is 10.2 Å². The fraction of sp³-hybridized carbons (Fsp3) is 0.300. The van der Waals surface area contributed by atoms with Gasteiger partial charge >= 0.3 is 0 Å². The van der Waals surface area contributed by atoms with Crippen LogP contribution in [0.4, 0.5) is 11.4 Å². The van der Waals surface area contributed by atoms with Crippen LogP contribution in [0.3, 0.4) is 0 Å². The zero-order valence-corrected chi connectivity index (χ0v) is 15.1. The summed E-state index contributed by atoms with van der Waals surface area (Å²) < 4.78 is 0. The maximum atomic E-state index is 13.2. The first-order valence-electron chi connectivity index (χ1n) is 8.57. The Hall–Kier alpha value is -2.27. The van der Waals surface area contributed by atoms with Crippen LogP contribution in [0.15, 0.2) is 47.4 Å². The number of carbonyl (C=O) groups is 2. The Kier molecular flexibility index (Phi) is 4.04. The van der Waals surface area contributed by atoms with Gasteiger partial charge in [-0.15, -0.1) is 11.8 Å². The first-order chi connectivity index (χ1) is 12.0. The van der Waals surface area contributed by atoms with E-state index in [2.05, 4.69) is 18.3 Å². The number of nitrogens with one attached hydrogen (secondary N) is 1. The minimum atomic E-state index is -0.108. The third kappa shape index (κ3) is 2.82. The fourth-order valence-electron chi connectivity index (χ4n) is 3.48. The second kappa shape index (κ2) is 6.23. The number of fused-ring (bicyclic) bond motifs is 2. The molecule has 2 aromatic carbocycles. The minimum Gasteiger partial charge on any atom is -0.324 e. The highest BCUT2D eigenvalue weighted by Crippen LogP contribution is 2.37. The highest BCUT2D eigenvalue weighted by Gasteiger charge is 2.30. The number of nitrogens with zero attached hydrogens (tertiary/aromatic N) is 1. The van der Waals surface area contributed by atoms with Crippen molar-refractivity contribution in [2.45, 2.75) is 42.9 Å². The number of aryl methyl sites for hydroxylation is 1. The van der Waals surface area contributed by atoms with Gasteiger partial charge in [0.05, 0.1) is 10.9 Å². The number of benzene rings is 2. The maximum absolute atomic E-state index is 13.2. The van der Waals surface area contributed by atoms with E-state index in [0.717, 1.165) is 29.1 Å². The third-order valence-corrected chi connectivity index (χ3v) is 6.08. The molecule has 4 rings (SSSR count). The van der Waals surface area contributed by atoms with Gasteiger partial charge in [-0.25, -0.2) is 0 Å². The van der Waals surface area contributed by atoms with Gasteiger partial charge in [0.1, 0.15) is 0 Å². The van der Waals surface area contributed by atoms with Crippen molar-refractivity contribution in [1.29, 1.82) is 0 Å². The van der Waals surface area contributed by atoms with E-state index in [-0.39, 0.29) is 23.1 Å². The molecule has 2 unspecified atom stereocenters. The van der Waals surface area contributed by atoms with Gasteiger partial charge in [0.2, 0.25) is 5.91 Å². The van der Waals surface area contributed by atoms with Crippen molar-refractivity contribution < 1.29 is 9.59 Å². The molecule has 2 aromatic rings. The lowest BCUT2D eigenvalue weighted by molar-refractivity contribution is -0.115. The van der Waals surface area contributed by atoms with Gasteiger partial charge in [-0.3, -0.25) is 9.59 Å². The molecule has 2 heterocycles. The molecule has 2 amide bonds. The number of thioether (sulfide) groups is 1. The molecule has 0 bridgehead atoms. The topological polar surface area (TPSA) is 49.4 Å². The predicted octanol–water partition coefficient (Wildman–Crippen LogP) is 4.10. The molecule has 25 heavy (non-hydrogen) atoms. The lowest BCUT2D eigenvalue weighted by Crippen LogP contribution is -2.42. The van der Waals surface area contributed by atoms with Gasteiger partial charge in [-0.05, 0) is 56.5 Å². The van der Waals surface area contributed by atoms with Gasteiger partial charge in [0.25, 0.3) is 5.91 Å². The van der Waals surface area contributed by atoms with E-state index >= 15 is 0 Å². The molecular weight excluding hydrogens is 332 g/mol.